The van der Waals surface area contributed by atoms with Gasteiger partial charge in [0.1, 0.15) is 11.3 Å². The minimum absolute atomic E-state index is 0.0855. The second-order valence-corrected chi connectivity index (χ2v) is 8.75. The molecular weight excluding hydrogens is 378 g/mol. The monoisotopic (exact) mass is 403 g/mol. The smallest absolute Gasteiger partial charge is 0.223 e. The number of phenolic OH excluding ortho intramolecular Hbond substituents is 1. The number of phenols is 1. The molecule has 0 amide bonds. The Morgan fingerprint density at radius 1 is 1.10 bits per heavy atom. The molecule has 154 valence electrons. The van der Waals surface area contributed by atoms with Gasteiger partial charge in [-0.3, -0.25) is 4.98 Å². The predicted molar refractivity (Wildman–Crippen MR) is 115 cm³/mol. The van der Waals surface area contributed by atoms with E-state index in [0.29, 0.717) is 17.1 Å². The van der Waals surface area contributed by atoms with Crippen LogP contribution in [0.4, 0.5) is 5.95 Å². The second-order valence-electron chi connectivity index (χ2n) is 8.75. The van der Waals surface area contributed by atoms with Crippen LogP contribution in [0.1, 0.15) is 62.0 Å². The summed E-state index contributed by atoms with van der Waals surface area (Å²) in [6.07, 6.45) is 4.85. The Morgan fingerprint density at radius 3 is 2.63 bits per heavy atom. The van der Waals surface area contributed by atoms with Crippen LogP contribution in [0.2, 0.25) is 0 Å². The van der Waals surface area contributed by atoms with Crippen molar-refractivity contribution >= 4 is 22.5 Å². The van der Waals surface area contributed by atoms with Crippen molar-refractivity contribution in [1.29, 1.82) is 0 Å². The fourth-order valence-electron chi connectivity index (χ4n) is 4.34. The number of aromatic hydroxyl groups is 1. The molecule has 0 bridgehead atoms. The number of benzene rings is 1. The molecule has 0 saturated heterocycles. The van der Waals surface area contributed by atoms with Gasteiger partial charge in [-0.05, 0) is 56.9 Å². The molecule has 1 saturated carbocycles. The van der Waals surface area contributed by atoms with E-state index >= 15 is 0 Å². The molecule has 5 rings (SSSR count). The van der Waals surface area contributed by atoms with Crippen LogP contribution in [0.25, 0.3) is 16.6 Å². The van der Waals surface area contributed by atoms with Gasteiger partial charge >= 0.3 is 0 Å². The third-order valence-electron chi connectivity index (χ3n) is 6.07. The van der Waals surface area contributed by atoms with E-state index in [-0.39, 0.29) is 17.6 Å². The average molecular weight is 403 g/mol. The molecular formula is C22H25N7O. The molecule has 0 spiro atoms. The third kappa shape index (κ3) is 3.04. The maximum atomic E-state index is 10.1. The fourth-order valence-corrected chi connectivity index (χ4v) is 4.34. The van der Waals surface area contributed by atoms with Crippen LogP contribution in [0.15, 0.2) is 36.5 Å². The number of hydrogen-bond donors (Lipinski definition) is 3. The molecule has 5 N–H and O–H groups in total. The Balaban J connectivity index is 1.45. The lowest BCUT2D eigenvalue weighted by Crippen LogP contribution is -2.28. The summed E-state index contributed by atoms with van der Waals surface area (Å²) in [5.41, 5.74) is 15.0. The number of nitrogens with two attached hydrogens (primary N) is 2. The summed E-state index contributed by atoms with van der Waals surface area (Å²) in [7, 11) is 0. The number of nitrogen functional groups attached to an aromatic ring is 1. The van der Waals surface area contributed by atoms with Gasteiger partial charge in [-0.25, -0.2) is 9.97 Å². The first-order valence-electron chi connectivity index (χ1n) is 10.2. The summed E-state index contributed by atoms with van der Waals surface area (Å²) in [6.45, 7) is 3.96. The van der Waals surface area contributed by atoms with Crippen molar-refractivity contribution in [2.75, 3.05) is 5.73 Å². The highest BCUT2D eigenvalue weighted by molar-refractivity contribution is 5.95. The molecule has 8 nitrogen and oxygen atoms in total. The summed E-state index contributed by atoms with van der Waals surface area (Å²) >= 11 is 0. The number of pyridine rings is 1. The lowest BCUT2D eigenvalue weighted by molar-refractivity contribution is 0.480. The second kappa shape index (κ2) is 6.63. The number of anilines is 1. The van der Waals surface area contributed by atoms with Gasteiger partial charge in [0.2, 0.25) is 5.95 Å². The van der Waals surface area contributed by atoms with E-state index in [9.17, 15) is 5.11 Å². The number of nitrogens with zero attached hydrogens (tertiary/aromatic N) is 5. The van der Waals surface area contributed by atoms with Crippen LogP contribution in [-0.2, 0) is 5.54 Å². The molecule has 8 heteroatoms. The van der Waals surface area contributed by atoms with Gasteiger partial charge in [0.25, 0.3) is 0 Å². The Bertz CT molecular complexity index is 1240. The number of para-hydroxylation sites is 1. The lowest BCUT2D eigenvalue weighted by atomic mass is 9.95. The van der Waals surface area contributed by atoms with Gasteiger partial charge in [-0.2, -0.15) is 4.52 Å². The van der Waals surface area contributed by atoms with Crippen molar-refractivity contribution in [3.05, 3.63) is 53.6 Å². The van der Waals surface area contributed by atoms with Gasteiger partial charge in [0.15, 0.2) is 11.5 Å². The molecule has 1 aliphatic carbocycles. The van der Waals surface area contributed by atoms with Gasteiger partial charge in [-0.15, -0.1) is 5.10 Å². The largest absolute Gasteiger partial charge is 0.506 e. The van der Waals surface area contributed by atoms with E-state index in [4.69, 9.17) is 16.5 Å². The first kappa shape index (κ1) is 18.7. The van der Waals surface area contributed by atoms with Crippen molar-refractivity contribution in [2.45, 2.75) is 50.5 Å². The SMILES string of the molecule is CC(C)(N)c1ccc(C2CCC(c3nc4c5cccc(O)c5nc(N)n4n3)C2)nc1. The van der Waals surface area contributed by atoms with Gasteiger partial charge in [0.05, 0.1) is 0 Å². The van der Waals surface area contributed by atoms with Gasteiger partial charge in [0, 0.05) is 34.7 Å². The van der Waals surface area contributed by atoms with Crippen LogP contribution < -0.4 is 11.5 Å². The highest BCUT2D eigenvalue weighted by Crippen LogP contribution is 2.42. The highest BCUT2D eigenvalue weighted by Gasteiger charge is 2.31. The summed E-state index contributed by atoms with van der Waals surface area (Å²) in [5.74, 6) is 1.67. The number of hydrogen-bond acceptors (Lipinski definition) is 7. The Morgan fingerprint density at radius 2 is 1.90 bits per heavy atom. The van der Waals surface area contributed by atoms with Crippen LogP contribution in [0.3, 0.4) is 0 Å². The highest BCUT2D eigenvalue weighted by atomic mass is 16.3. The maximum Gasteiger partial charge on any atom is 0.223 e. The molecule has 0 aliphatic heterocycles. The minimum atomic E-state index is -0.393. The van der Waals surface area contributed by atoms with Crippen LogP contribution in [-0.4, -0.2) is 29.7 Å². The molecule has 2 unspecified atom stereocenters. The van der Waals surface area contributed by atoms with E-state index in [1.165, 1.54) is 0 Å². The van der Waals surface area contributed by atoms with Gasteiger partial charge in [-0.1, -0.05) is 12.1 Å². The zero-order chi connectivity index (χ0) is 21.0. The zero-order valence-electron chi connectivity index (χ0n) is 17.1. The average Bonchev–Trinajstić information content (AvgIpc) is 3.36. The van der Waals surface area contributed by atoms with Crippen molar-refractivity contribution in [1.82, 2.24) is 24.6 Å². The molecule has 1 aromatic carbocycles. The van der Waals surface area contributed by atoms with E-state index in [2.05, 4.69) is 27.2 Å². The number of rotatable bonds is 3. The van der Waals surface area contributed by atoms with Crippen LogP contribution in [0, 0.1) is 0 Å². The molecule has 30 heavy (non-hydrogen) atoms. The van der Waals surface area contributed by atoms with Crippen molar-refractivity contribution in [3.8, 4) is 5.75 Å². The lowest BCUT2D eigenvalue weighted by Gasteiger charge is -2.19. The number of aromatic nitrogens is 5. The molecule has 3 aromatic heterocycles. The van der Waals surface area contributed by atoms with Gasteiger partial charge < -0.3 is 16.6 Å². The van der Waals surface area contributed by atoms with Crippen molar-refractivity contribution < 1.29 is 5.11 Å². The summed E-state index contributed by atoms with van der Waals surface area (Å²) in [5, 5.41) is 15.5. The van der Waals surface area contributed by atoms with Crippen LogP contribution >= 0.6 is 0 Å². The van der Waals surface area contributed by atoms with E-state index in [1.807, 2.05) is 26.1 Å². The molecule has 0 radical (unpaired) electrons. The summed E-state index contributed by atoms with van der Waals surface area (Å²) in [4.78, 5) is 13.8. The molecule has 1 aliphatic rings. The minimum Gasteiger partial charge on any atom is -0.506 e. The van der Waals surface area contributed by atoms with Crippen molar-refractivity contribution in [2.24, 2.45) is 5.73 Å². The summed E-state index contributed by atoms with van der Waals surface area (Å²) in [6, 6.07) is 9.40. The van der Waals surface area contributed by atoms with E-state index in [0.717, 1.165) is 41.7 Å². The summed E-state index contributed by atoms with van der Waals surface area (Å²) < 4.78 is 1.57. The Labute approximate surface area is 174 Å². The first-order valence-corrected chi connectivity index (χ1v) is 10.2. The topological polar surface area (TPSA) is 128 Å². The van der Waals surface area contributed by atoms with Crippen molar-refractivity contribution in [3.63, 3.8) is 0 Å². The zero-order valence-corrected chi connectivity index (χ0v) is 17.1. The quantitative estimate of drug-likeness (QED) is 0.479. The predicted octanol–water partition coefficient (Wildman–Crippen LogP) is 3.21. The first-order chi connectivity index (χ1) is 14.3. The molecule has 1 fully saturated rings. The number of fused-ring (bicyclic) bond motifs is 3. The third-order valence-corrected chi connectivity index (χ3v) is 6.07. The standard InChI is InChI=1S/C22H25N7O/c1-22(2,24)14-8-9-16(25-11-14)12-6-7-13(10-12)19-27-20-15-4-3-5-17(30)18(15)26-21(23)29(20)28-19/h3-5,8-9,11-13,30H,6-7,10,24H2,1-2H3,(H2,23,26). The Hall–Kier alpha value is -3.26. The maximum absolute atomic E-state index is 10.1. The fraction of sp³-hybridized carbons (Fsp3) is 0.364. The molecule has 3 heterocycles. The van der Waals surface area contributed by atoms with E-state index in [1.54, 1.807) is 16.6 Å². The van der Waals surface area contributed by atoms with Crippen LogP contribution in [0.5, 0.6) is 5.75 Å². The Kier molecular flexibility index (Phi) is 4.14. The molecule has 4 aromatic rings. The molecule has 2 atom stereocenters. The normalized spacial score (nSPS) is 19.7. The van der Waals surface area contributed by atoms with E-state index < -0.39 is 5.54 Å².